The zero-order valence-corrected chi connectivity index (χ0v) is 14.8. The van der Waals surface area contributed by atoms with Crippen LogP contribution in [0.5, 0.6) is 0 Å². The van der Waals surface area contributed by atoms with Crippen molar-refractivity contribution in [3.05, 3.63) is 53.3 Å². The summed E-state index contributed by atoms with van der Waals surface area (Å²) in [5.41, 5.74) is 8.24. The van der Waals surface area contributed by atoms with Crippen LogP contribution < -0.4 is 16.4 Å². The maximum atomic E-state index is 12.8. The van der Waals surface area contributed by atoms with Crippen molar-refractivity contribution >= 4 is 35.0 Å². The summed E-state index contributed by atoms with van der Waals surface area (Å²) in [5.74, 6) is -2.09. The lowest BCUT2D eigenvalue weighted by Gasteiger charge is -2.27. The average molecular weight is 379 g/mol. The fraction of sp³-hybridized carbons (Fsp3) is 0.211. The number of carbonyl (C=O) groups is 4. The van der Waals surface area contributed by atoms with Crippen molar-refractivity contribution in [3.63, 3.8) is 0 Å². The monoisotopic (exact) mass is 379 g/mol. The standard InChI is InChI=1S/C19H17N5O4/c20-11-5-10(7-21-9-11)8-22-12-1-2-13-14(6-12)19(28)24(18(13)27)15-3-4-16(25)23-17(15)26/h1-2,5-7,9,15,22H,3-4,8,20H2,(H,23,25,26). The molecule has 1 aromatic carbocycles. The number of imide groups is 2. The van der Waals surface area contributed by atoms with Gasteiger partial charge in [0, 0.05) is 31.0 Å². The lowest BCUT2D eigenvalue weighted by molar-refractivity contribution is -0.136. The van der Waals surface area contributed by atoms with Crippen LogP contribution in [0.15, 0.2) is 36.7 Å². The molecule has 0 bridgehead atoms. The quantitative estimate of drug-likeness (QED) is 0.665. The van der Waals surface area contributed by atoms with Crippen LogP contribution >= 0.6 is 0 Å². The molecule has 1 aromatic heterocycles. The Hall–Kier alpha value is -3.75. The molecule has 2 aliphatic heterocycles. The summed E-state index contributed by atoms with van der Waals surface area (Å²) in [7, 11) is 0. The summed E-state index contributed by atoms with van der Waals surface area (Å²) in [5, 5.41) is 5.34. The van der Waals surface area contributed by atoms with E-state index < -0.39 is 29.7 Å². The van der Waals surface area contributed by atoms with Gasteiger partial charge >= 0.3 is 0 Å². The first-order valence-electron chi connectivity index (χ1n) is 8.73. The van der Waals surface area contributed by atoms with E-state index in [2.05, 4.69) is 15.6 Å². The number of nitrogens with zero attached hydrogens (tertiary/aromatic N) is 2. The molecule has 142 valence electrons. The molecule has 3 heterocycles. The third kappa shape index (κ3) is 3.07. The number of hydrogen-bond donors (Lipinski definition) is 3. The van der Waals surface area contributed by atoms with E-state index in [4.69, 9.17) is 5.73 Å². The van der Waals surface area contributed by atoms with Crippen LogP contribution in [0.2, 0.25) is 0 Å². The molecule has 9 heteroatoms. The number of fused-ring (bicyclic) bond motifs is 1. The van der Waals surface area contributed by atoms with Gasteiger partial charge < -0.3 is 11.1 Å². The second kappa shape index (κ2) is 6.76. The molecular weight excluding hydrogens is 362 g/mol. The van der Waals surface area contributed by atoms with Crippen LogP contribution in [0.1, 0.15) is 39.1 Å². The van der Waals surface area contributed by atoms with Crippen LogP contribution in [0, 0.1) is 0 Å². The first-order chi connectivity index (χ1) is 13.4. The van der Waals surface area contributed by atoms with Crippen molar-refractivity contribution < 1.29 is 19.2 Å². The topological polar surface area (TPSA) is 134 Å². The normalized spacial score (nSPS) is 18.9. The fourth-order valence-electron chi connectivity index (χ4n) is 3.39. The van der Waals surface area contributed by atoms with Gasteiger partial charge in [0.05, 0.1) is 16.8 Å². The van der Waals surface area contributed by atoms with Gasteiger partial charge in [0.25, 0.3) is 11.8 Å². The van der Waals surface area contributed by atoms with Gasteiger partial charge in [-0.25, -0.2) is 0 Å². The van der Waals surface area contributed by atoms with Crippen molar-refractivity contribution in [2.24, 2.45) is 0 Å². The molecule has 4 rings (SSSR count). The predicted octanol–water partition coefficient (Wildman–Crippen LogP) is 0.677. The number of piperidine rings is 1. The Labute approximate surface area is 159 Å². The number of nitrogens with one attached hydrogen (secondary N) is 2. The number of pyridine rings is 1. The number of amides is 4. The molecular formula is C19H17N5O4. The average Bonchev–Trinajstić information content (AvgIpc) is 2.91. The molecule has 0 saturated carbocycles. The second-order valence-corrected chi connectivity index (χ2v) is 6.69. The summed E-state index contributed by atoms with van der Waals surface area (Å²) in [6.45, 7) is 0.440. The van der Waals surface area contributed by atoms with Crippen LogP contribution in [0.3, 0.4) is 0 Å². The molecule has 1 unspecified atom stereocenters. The number of benzene rings is 1. The number of nitrogens with two attached hydrogens (primary N) is 1. The van der Waals surface area contributed by atoms with Gasteiger partial charge in [-0.1, -0.05) is 0 Å². The van der Waals surface area contributed by atoms with E-state index in [1.54, 1.807) is 36.7 Å². The maximum absolute atomic E-state index is 12.8. The Balaban J connectivity index is 1.54. The van der Waals surface area contributed by atoms with E-state index >= 15 is 0 Å². The largest absolute Gasteiger partial charge is 0.397 e. The number of hydrogen-bond acceptors (Lipinski definition) is 7. The molecule has 4 amide bonds. The van der Waals surface area contributed by atoms with Gasteiger partial charge in [0.15, 0.2) is 0 Å². The van der Waals surface area contributed by atoms with Crippen LogP contribution in [0.4, 0.5) is 11.4 Å². The molecule has 4 N–H and O–H groups in total. The SMILES string of the molecule is Nc1cncc(CNc2ccc3c(c2)C(=O)N(C2CCC(=O)NC2=O)C3=O)c1. The van der Waals surface area contributed by atoms with Crippen molar-refractivity contribution in [1.82, 2.24) is 15.2 Å². The number of carbonyl (C=O) groups excluding carboxylic acids is 4. The fourth-order valence-corrected chi connectivity index (χ4v) is 3.39. The summed E-state index contributed by atoms with van der Waals surface area (Å²) in [4.78, 5) is 53.8. The number of aromatic nitrogens is 1. The van der Waals surface area contributed by atoms with Crippen LogP contribution in [-0.2, 0) is 16.1 Å². The van der Waals surface area contributed by atoms with Crippen molar-refractivity contribution in [2.45, 2.75) is 25.4 Å². The first-order valence-corrected chi connectivity index (χ1v) is 8.73. The third-order valence-corrected chi connectivity index (χ3v) is 4.75. The highest BCUT2D eigenvalue weighted by Gasteiger charge is 2.44. The number of rotatable bonds is 4. The molecule has 1 fully saturated rings. The minimum Gasteiger partial charge on any atom is -0.397 e. The van der Waals surface area contributed by atoms with Gasteiger partial charge in [-0.3, -0.25) is 34.4 Å². The molecule has 0 aliphatic carbocycles. The minimum absolute atomic E-state index is 0.0882. The van der Waals surface area contributed by atoms with Gasteiger partial charge in [-0.05, 0) is 36.2 Å². The van der Waals surface area contributed by atoms with Crippen LogP contribution in [-0.4, -0.2) is 39.6 Å². The van der Waals surface area contributed by atoms with Crippen molar-refractivity contribution in [2.75, 3.05) is 11.1 Å². The molecule has 0 radical (unpaired) electrons. The second-order valence-electron chi connectivity index (χ2n) is 6.69. The first kappa shape index (κ1) is 17.7. The smallest absolute Gasteiger partial charge is 0.262 e. The Morgan fingerprint density at radius 2 is 1.89 bits per heavy atom. The highest BCUT2D eigenvalue weighted by Crippen LogP contribution is 2.29. The van der Waals surface area contributed by atoms with Crippen molar-refractivity contribution in [1.29, 1.82) is 0 Å². The number of anilines is 2. The molecule has 1 saturated heterocycles. The van der Waals surface area contributed by atoms with Gasteiger partial charge in [0.1, 0.15) is 6.04 Å². The van der Waals surface area contributed by atoms with Gasteiger partial charge in [0.2, 0.25) is 11.8 Å². The van der Waals surface area contributed by atoms with Crippen molar-refractivity contribution in [3.8, 4) is 0 Å². The lowest BCUT2D eigenvalue weighted by atomic mass is 10.0. The summed E-state index contributed by atoms with van der Waals surface area (Å²) < 4.78 is 0. The zero-order valence-electron chi connectivity index (χ0n) is 14.8. The van der Waals surface area contributed by atoms with E-state index in [-0.39, 0.29) is 24.0 Å². The number of nitrogen functional groups attached to an aromatic ring is 1. The Bertz CT molecular complexity index is 1020. The zero-order chi connectivity index (χ0) is 19.8. The highest BCUT2D eigenvalue weighted by atomic mass is 16.2. The minimum atomic E-state index is -0.972. The lowest BCUT2D eigenvalue weighted by Crippen LogP contribution is -2.54. The molecule has 9 nitrogen and oxygen atoms in total. The van der Waals surface area contributed by atoms with Gasteiger partial charge in [-0.15, -0.1) is 0 Å². The van der Waals surface area contributed by atoms with E-state index in [0.29, 0.717) is 17.9 Å². The summed E-state index contributed by atoms with van der Waals surface area (Å²) in [6, 6.07) is 5.65. The molecule has 1 atom stereocenters. The van der Waals surface area contributed by atoms with E-state index in [1.165, 1.54) is 0 Å². The summed E-state index contributed by atoms with van der Waals surface area (Å²) >= 11 is 0. The molecule has 28 heavy (non-hydrogen) atoms. The molecule has 2 aliphatic rings. The van der Waals surface area contributed by atoms with Crippen LogP contribution in [0.25, 0.3) is 0 Å². The highest BCUT2D eigenvalue weighted by molar-refractivity contribution is 6.23. The molecule has 2 aromatic rings. The third-order valence-electron chi connectivity index (χ3n) is 4.75. The predicted molar refractivity (Wildman–Crippen MR) is 99.1 cm³/mol. The van der Waals surface area contributed by atoms with E-state index in [9.17, 15) is 19.2 Å². The van der Waals surface area contributed by atoms with Gasteiger partial charge in [-0.2, -0.15) is 0 Å². The Kier molecular flexibility index (Phi) is 4.26. The maximum Gasteiger partial charge on any atom is 0.262 e. The Morgan fingerprint density at radius 3 is 2.64 bits per heavy atom. The Morgan fingerprint density at radius 1 is 1.11 bits per heavy atom. The van der Waals surface area contributed by atoms with E-state index in [1.807, 2.05) is 0 Å². The summed E-state index contributed by atoms with van der Waals surface area (Å²) in [6.07, 6.45) is 3.44. The molecule has 0 spiro atoms. The van der Waals surface area contributed by atoms with E-state index in [0.717, 1.165) is 10.5 Å².